The smallest absolute Gasteiger partial charge is 0.293 e. The fourth-order valence-electron chi connectivity index (χ4n) is 2.25. The van der Waals surface area contributed by atoms with E-state index in [0.717, 1.165) is 0 Å². The molecule has 2 aromatic carbocycles. The van der Waals surface area contributed by atoms with Crippen LogP contribution < -0.4 is 5.43 Å². The predicted molar refractivity (Wildman–Crippen MR) is 78.5 cm³/mol. The Bertz CT molecular complexity index is 1020. The fourth-order valence-corrected chi connectivity index (χ4v) is 2.49. The van der Waals surface area contributed by atoms with Crippen LogP contribution in [-0.4, -0.2) is 9.91 Å². The number of nitriles is 1. The van der Waals surface area contributed by atoms with Gasteiger partial charge < -0.3 is 4.98 Å². The number of pyridine rings is 1. The number of nitrogens with one attached hydrogen (secondary N) is 1. The van der Waals surface area contributed by atoms with Crippen molar-refractivity contribution >= 4 is 39.1 Å². The van der Waals surface area contributed by atoms with Crippen LogP contribution >= 0.6 is 11.6 Å². The number of H-pyrrole nitrogens is 1. The second-order valence-corrected chi connectivity index (χ2v) is 4.81. The zero-order chi connectivity index (χ0) is 15.1. The van der Waals surface area contributed by atoms with E-state index in [2.05, 4.69) is 4.98 Å². The molecule has 0 spiro atoms. The fraction of sp³-hybridized carbons (Fsp3) is 0. The van der Waals surface area contributed by atoms with Crippen molar-refractivity contribution in [3.63, 3.8) is 0 Å². The summed E-state index contributed by atoms with van der Waals surface area (Å²) in [4.78, 5) is 25.8. The molecule has 0 fully saturated rings. The van der Waals surface area contributed by atoms with Crippen molar-refractivity contribution in [3.05, 3.63) is 61.3 Å². The third-order valence-corrected chi connectivity index (χ3v) is 3.52. The summed E-state index contributed by atoms with van der Waals surface area (Å²) in [5, 5.41) is 20.5. The van der Waals surface area contributed by atoms with E-state index in [9.17, 15) is 14.9 Å². The molecule has 0 atom stereocenters. The highest BCUT2D eigenvalue weighted by molar-refractivity contribution is 6.36. The number of nitrogens with zero attached hydrogens (tertiary/aromatic N) is 2. The average Bonchev–Trinajstić information content (AvgIpc) is 2.46. The monoisotopic (exact) mass is 299 g/mol. The number of hydrogen-bond acceptors (Lipinski definition) is 4. The number of aromatic amines is 1. The number of nitro groups is 1. The van der Waals surface area contributed by atoms with Crippen molar-refractivity contribution < 1.29 is 4.92 Å². The normalized spacial score (nSPS) is 10.7. The Morgan fingerprint density at radius 3 is 2.71 bits per heavy atom. The molecule has 7 heteroatoms. The number of fused-ring (bicyclic) bond motifs is 2. The number of rotatable bonds is 1. The van der Waals surface area contributed by atoms with Crippen LogP contribution in [0, 0.1) is 21.4 Å². The summed E-state index contributed by atoms with van der Waals surface area (Å²) in [7, 11) is 0. The van der Waals surface area contributed by atoms with Crippen molar-refractivity contribution in [1.29, 1.82) is 5.26 Å². The molecule has 0 radical (unpaired) electrons. The molecule has 102 valence electrons. The first-order valence-electron chi connectivity index (χ1n) is 5.85. The van der Waals surface area contributed by atoms with Crippen LogP contribution in [0.5, 0.6) is 0 Å². The molecule has 0 aliphatic rings. The molecule has 6 nitrogen and oxygen atoms in total. The highest BCUT2D eigenvalue weighted by Gasteiger charge is 2.18. The van der Waals surface area contributed by atoms with Crippen LogP contribution in [-0.2, 0) is 0 Å². The molecule has 0 amide bonds. The van der Waals surface area contributed by atoms with Crippen LogP contribution in [0.1, 0.15) is 5.56 Å². The average molecular weight is 300 g/mol. The summed E-state index contributed by atoms with van der Waals surface area (Å²) >= 11 is 6.00. The van der Waals surface area contributed by atoms with Crippen LogP contribution in [0.25, 0.3) is 21.8 Å². The van der Waals surface area contributed by atoms with Gasteiger partial charge in [-0.3, -0.25) is 14.9 Å². The number of benzene rings is 2. The number of aromatic nitrogens is 1. The minimum Gasteiger partial charge on any atom is -0.349 e. The number of nitro benzene ring substituents is 1. The summed E-state index contributed by atoms with van der Waals surface area (Å²) in [6, 6.07) is 9.00. The maximum atomic E-state index is 12.5. The summed E-state index contributed by atoms with van der Waals surface area (Å²) in [5.41, 5.74) is 0.117. The van der Waals surface area contributed by atoms with Gasteiger partial charge in [-0.15, -0.1) is 0 Å². The first kappa shape index (κ1) is 13.1. The van der Waals surface area contributed by atoms with Gasteiger partial charge >= 0.3 is 0 Å². The molecule has 0 saturated heterocycles. The Morgan fingerprint density at radius 2 is 2.05 bits per heavy atom. The summed E-state index contributed by atoms with van der Waals surface area (Å²) in [6.07, 6.45) is 0. The van der Waals surface area contributed by atoms with Crippen LogP contribution in [0.3, 0.4) is 0 Å². The first-order chi connectivity index (χ1) is 10.0. The lowest BCUT2D eigenvalue weighted by molar-refractivity contribution is -0.383. The van der Waals surface area contributed by atoms with E-state index >= 15 is 0 Å². The SMILES string of the molecule is N#Cc1ccc2c(=O)c3c(Cl)ccc([N+](=O)[O-])c3[nH]c2c1. The largest absolute Gasteiger partial charge is 0.349 e. The van der Waals surface area contributed by atoms with Gasteiger partial charge in [0, 0.05) is 11.5 Å². The Hall–Kier alpha value is -2.91. The van der Waals surface area contributed by atoms with Gasteiger partial charge in [0.1, 0.15) is 5.52 Å². The van der Waals surface area contributed by atoms with Crippen molar-refractivity contribution in [2.24, 2.45) is 0 Å². The van der Waals surface area contributed by atoms with E-state index in [1.807, 2.05) is 6.07 Å². The maximum absolute atomic E-state index is 12.5. The van der Waals surface area contributed by atoms with Crippen LogP contribution in [0.15, 0.2) is 35.1 Å². The first-order valence-corrected chi connectivity index (χ1v) is 6.23. The van der Waals surface area contributed by atoms with E-state index in [1.54, 1.807) is 0 Å². The standard InChI is InChI=1S/C14H6ClN3O3/c15-9-3-4-11(18(20)21)13-12(9)14(19)8-2-1-7(6-16)5-10(8)17-13/h1-5H,(H,17,19). The minimum absolute atomic E-state index is 0.0556. The third kappa shape index (κ3) is 1.91. The molecule has 3 rings (SSSR count). The van der Waals surface area contributed by atoms with Gasteiger partial charge in [0.25, 0.3) is 5.69 Å². The number of halogens is 1. The molecule has 21 heavy (non-hydrogen) atoms. The van der Waals surface area contributed by atoms with Crippen LogP contribution in [0.4, 0.5) is 5.69 Å². The second-order valence-electron chi connectivity index (χ2n) is 4.40. The molecule has 1 heterocycles. The van der Waals surface area contributed by atoms with Gasteiger partial charge in [0.05, 0.1) is 32.5 Å². The van der Waals surface area contributed by atoms with Gasteiger partial charge in [-0.2, -0.15) is 5.26 Å². The highest BCUT2D eigenvalue weighted by atomic mass is 35.5. The molecule has 1 N–H and O–H groups in total. The molecule has 3 aromatic rings. The Labute approximate surface area is 122 Å². The number of hydrogen-bond donors (Lipinski definition) is 1. The molecule has 0 unspecified atom stereocenters. The van der Waals surface area contributed by atoms with Gasteiger partial charge in [-0.05, 0) is 24.3 Å². The molecule has 0 bridgehead atoms. The van der Waals surface area contributed by atoms with Gasteiger partial charge in [0.15, 0.2) is 5.43 Å². The summed E-state index contributed by atoms with van der Waals surface area (Å²) in [6.45, 7) is 0. The topological polar surface area (TPSA) is 99.8 Å². The van der Waals surface area contributed by atoms with Gasteiger partial charge in [-0.1, -0.05) is 11.6 Å². The predicted octanol–water partition coefficient (Wildman–Crippen LogP) is 3.11. The zero-order valence-corrected chi connectivity index (χ0v) is 11.1. The van der Waals surface area contributed by atoms with Crippen LogP contribution in [0.2, 0.25) is 5.02 Å². The summed E-state index contributed by atoms with van der Waals surface area (Å²) < 4.78 is 0. The van der Waals surface area contributed by atoms with E-state index in [-0.39, 0.29) is 21.6 Å². The zero-order valence-electron chi connectivity index (χ0n) is 10.4. The lowest BCUT2D eigenvalue weighted by atomic mass is 10.1. The lowest BCUT2D eigenvalue weighted by Crippen LogP contribution is -2.06. The number of non-ortho nitro benzene ring substituents is 1. The molecule has 1 aromatic heterocycles. The van der Waals surface area contributed by atoms with Gasteiger partial charge in [-0.25, -0.2) is 0 Å². The molecular weight excluding hydrogens is 294 g/mol. The lowest BCUT2D eigenvalue weighted by Gasteiger charge is -2.05. The molecule has 0 aliphatic carbocycles. The minimum atomic E-state index is -0.589. The Morgan fingerprint density at radius 1 is 1.29 bits per heavy atom. The van der Waals surface area contributed by atoms with Gasteiger partial charge in [0.2, 0.25) is 0 Å². The van der Waals surface area contributed by atoms with E-state index in [1.165, 1.54) is 30.3 Å². The molecular formula is C14H6ClN3O3. The van der Waals surface area contributed by atoms with Crippen molar-refractivity contribution in [2.45, 2.75) is 0 Å². The Kier molecular flexibility index (Phi) is 2.85. The Balaban J connectivity index is 2.59. The van der Waals surface area contributed by atoms with E-state index in [0.29, 0.717) is 16.5 Å². The van der Waals surface area contributed by atoms with Crippen molar-refractivity contribution in [1.82, 2.24) is 4.98 Å². The molecule has 0 aliphatic heterocycles. The second kappa shape index (κ2) is 4.58. The maximum Gasteiger partial charge on any atom is 0.293 e. The summed E-state index contributed by atoms with van der Waals surface area (Å²) in [5.74, 6) is 0. The van der Waals surface area contributed by atoms with E-state index < -0.39 is 10.4 Å². The van der Waals surface area contributed by atoms with E-state index in [4.69, 9.17) is 16.9 Å². The quantitative estimate of drug-likeness (QED) is 0.424. The molecule has 0 saturated carbocycles. The third-order valence-electron chi connectivity index (χ3n) is 3.21. The van der Waals surface area contributed by atoms with Crippen molar-refractivity contribution in [3.8, 4) is 6.07 Å². The highest BCUT2D eigenvalue weighted by Crippen LogP contribution is 2.29. The van der Waals surface area contributed by atoms with Crippen molar-refractivity contribution in [2.75, 3.05) is 0 Å².